The molecule has 2 rings (SSSR count). The molecule has 2 fully saturated rings. The zero-order valence-corrected chi connectivity index (χ0v) is 17.4. The SMILES string of the molecule is CC(C)C(NC(=O)C(N)CC(N)=O)C(=O)N1CCCC1C(=O)N1CCCC1C(=O)O. The third kappa shape index (κ3) is 5.26. The summed E-state index contributed by atoms with van der Waals surface area (Å²) >= 11 is 0. The average molecular weight is 425 g/mol. The van der Waals surface area contributed by atoms with Gasteiger partial charge in [0.25, 0.3) is 0 Å². The number of carboxylic acid groups (broad SMARTS) is 1. The molecule has 2 aliphatic rings. The van der Waals surface area contributed by atoms with Crippen LogP contribution in [-0.4, -0.2) is 81.8 Å². The molecule has 0 aromatic heterocycles. The monoisotopic (exact) mass is 425 g/mol. The number of carboxylic acids is 1. The standard InChI is InChI=1S/C19H31N5O6/c1-10(2)15(22-16(26)11(20)9-14(21)25)18(28)23-7-3-5-12(23)17(27)24-8-4-6-13(24)19(29)30/h10-13,15H,3-9,20H2,1-2H3,(H2,21,25)(H,22,26)(H,29,30). The highest BCUT2D eigenvalue weighted by Gasteiger charge is 2.44. The number of rotatable bonds is 8. The van der Waals surface area contributed by atoms with Crippen LogP contribution in [-0.2, 0) is 24.0 Å². The summed E-state index contributed by atoms with van der Waals surface area (Å²) in [5.41, 5.74) is 10.7. The van der Waals surface area contributed by atoms with Gasteiger partial charge < -0.3 is 31.7 Å². The Morgan fingerprint density at radius 1 is 1.03 bits per heavy atom. The minimum Gasteiger partial charge on any atom is -0.480 e. The van der Waals surface area contributed by atoms with Crippen molar-refractivity contribution in [3.8, 4) is 0 Å². The fraction of sp³-hybridized carbons (Fsp3) is 0.737. The largest absolute Gasteiger partial charge is 0.480 e. The first-order chi connectivity index (χ1) is 14.0. The summed E-state index contributed by atoms with van der Waals surface area (Å²) in [6, 6.07) is -3.73. The number of likely N-dealkylation sites (tertiary alicyclic amines) is 2. The first-order valence-electron chi connectivity index (χ1n) is 10.2. The molecule has 0 spiro atoms. The molecule has 0 radical (unpaired) electrons. The van der Waals surface area contributed by atoms with Gasteiger partial charge in [-0.2, -0.15) is 0 Å². The highest BCUT2D eigenvalue weighted by atomic mass is 16.4. The Balaban J connectivity index is 2.13. The van der Waals surface area contributed by atoms with E-state index in [2.05, 4.69) is 5.32 Å². The van der Waals surface area contributed by atoms with Crippen molar-refractivity contribution in [1.29, 1.82) is 0 Å². The average Bonchev–Trinajstić information content (AvgIpc) is 3.33. The lowest BCUT2D eigenvalue weighted by Gasteiger charge is -2.33. The Bertz CT molecular complexity index is 712. The van der Waals surface area contributed by atoms with E-state index in [1.807, 2.05) is 0 Å². The molecule has 0 aromatic rings. The number of nitrogens with two attached hydrogens (primary N) is 2. The lowest BCUT2D eigenvalue weighted by molar-refractivity contribution is -0.152. The summed E-state index contributed by atoms with van der Waals surface area (Å²) in [4.78, 5) is 63.7. The van der Waals surface area contributed by atoms with Crippen molar-refractivity contribution in [1.82, 2.24) is 15.1 Å². The summed E-state index contributed by atoms with van der Waals surface area (Å²) in [5, 5.41) is 11.9. The molecule has 30 heavy (non-hydrogen) atoms. The second-order valence-corrected chi connectivity index (χ2v) is 8.22. The molecule has 0 bridgehead atoms. The van der Waals surface area contributed by atoms with E-state index < -0.39 is 47.9 Å². The molecule has 6 N–H and O–H groups in total. The number of hydrogen-bond acceptors (Lipinski definition) is 6. The molecule has 2 aliphatic heterocycles. The van der Waals surface area contributed by atoms with E-state index in [1.165, 1.54) is 9.80 Å². The molecule has 4 unspecified atom stereocenters. The van der Waals surface area contributed by atoms with Crippen LogP contribution in [0.5, 0.6) is 0 Å². The first kappa shape index (κ1) is 23.6. The van der Waals surface area contributed by atoms with Crippen molar-refractivity contribution < 1.29 is 29.1 Å². The minimum atomic E-state index is -1.17. The van der Waals surface area contributed by atoms with Crippen molar-refractivity contribution in [3.05, 3.63) is 0 Å². The van der Waals surface area contributed by atoms with Gasteiger partial charge in [-0.15, -0.1) is 0 Å². The molecule has 2 saturated heterocycles. The molecular weight excluding hydrogens is 394 g/mol. The summed E-state index contributed by atoms with van der Waals surface area (Å²) in [6.45, 7) is 4.18. The zero-order valence-electron chi connectivity index (χ0n) is 17.4. The quantitative estimate of drug-likeness (QED) is 0.362. The molecule has 168 valence electrons. The van der Waals surface area contributed by atoms with Crippen LogP contribution in [0.4, 0.5) is 0 Å². The van der Waals surface area contributed by atoms with E-state index in [-0.39, 0.29) is 18.2 Å². The molecule has 0 aliphatic carbocycles. The predicted molar refractivity (Wildman–Crippen MR) is 106 cm³/mol. The van der Waals surface area contributed by atoms with Gasteiger partial charge in [-0.1, -0.05) is 13.8 Å². The fourth-order valence-corrected chi connectivity index (χ4v) is 4.03. The van der Waals surface area contributed by atoms with Crippen LogP contribution in [0.15, 0.2) is 0 Å². The topological polar surface area (TPSA) is 176 Å². The smallest absolute Gasteiger partial charge is 0.326 e. The summed E-state index contributed by atoms with van der Waals surface area (Å²) in [5.74, 6) is -3.54. The van der Waals surface area contributed by atoms with Gasteiger partial charge in [-0.3, -0.25) is 19.2 Å². The molecular formula is C19H31N5O6. The van der Waals surface area contributed by atoms with Gasteiger partial charge in [0.15, 0.2) is 0 Å². The van der Waals surface area contributed by atoms with Crippen molar-refractivity contribution >= 4 is 29.6 Å². The second-order valence-electron chi connectivity index (χ2n) is 8.22. The molecule has 4 amide bonds. The molecule has 11 nitrogen and oxygen atoms in total. The van der Waals surface area contributed by atoms with E-state index >= 15 is 0 Å². The predicted octanol–water partition coefficient (Wildman–Crippen LogP) is -1.60. The van der Waals surface area contributed by atoms with E-state index in [0.29, 0.717) is 38.8 Å². The summed E-state index contributed by atoms with van der Waals surface area (Å²) in [7, 11) is 0. The second kappa shape index (κ2) is 9.88. The molecule has 0 aromatic carbocycles. The molecule has 11 heteroatoms. The van der Waals surface area contributed by atoms with Crippen LogP contribution in [0.2, 0.25) is 0 Å². The lowest BCUT2D eigenvalue weighted by atomic mass is 10.0. The van der Waals surface area contributed by atoms with Crippen LogP contribution in [0, 0.1) is 5.92 Å². The number of hydrogen-bond donors (Lipinski definition) is 4. The number of nitrogens with zero attached hydrogens (tertiary/aromatic N) is 2. The number of aliphatic carboxylic acids is 1. The number of nitrogens with one attached hydrogen (secondary N) is 1. The Labute approximate surface area is 175 Å². The van der Waals surface area contributed by atoms with E-state index in [0.717, 1.165) is 0 Å². The van der Waals surface area contributed by atoms with Gasteiger partial charge in [0, 0.05) is 13.1 Å². The number of primary amides is 1. The summed E-state index contributed by atoms with van der Waals surface area (Å²) < 4.78 is 0. The van der Waals surface area contributed by atoms with E-state index in [4.69, 9.17) is 11.5 Å². The first-order valence-corrected chi connectivity index (χ1v) is 10.2. The van der Waals surface area contributed by atoms with Crippen LogP contribution in [0.25, 0.3) is 0 Å². The Morgan fingerprint density at radius 3 is 2.13 bits per heavy atom. The highest BCUT2D eigenvalue weighted by Crippen LogP contribution is 2.26. The van der Waals surface area contributed by atoms with Gasteiger partial charge >= 0.3 is 5.97 Å². The van der Waals surface area contributed by atoms with Crippen LogP contribution in [0.1, 0.15) is 46.0 Å². The van der Waals surface area contributed by atoms with Gasteiger partial charge in [0.2, 0.25) is 23.6 Å². The Morgan fingerprint density at radius 2 is 1.60 bits per heavy atom. The van der Waals surface area contributed by atoms with E-state index in [9.17, 15) is 29.1 Å². The number of amides is 4. The maximum Gasteiger partial charge on any atom is 0.326 e. The molecule has 4 atom stereocenters. The maximum absolute atomic E-state index is 13.2. The van der Waals surface area contributed by atoms with E-state index in [1.54, 1.807) is 13.8 Å². The Kier molecular flexibility index (Phi) is 7.77. The van der Waals surface area contributed by atoms with Crippen molar-refractivity contribution in [2.45, 2.75) is 70.1 Å². The van der Waals surface area contributed by atoms with Crippen molar-refractivity contribution in [3.63, 3.8) is 0 Å². The van der Waals surface area contributed by atoms with Crippen LogP contribution < -0.4 is 16.8 Å². The van der Waals surface area contributed by atoms with Gasteiger partial charge in [0.1, 0.15) is 18.1 Å². The summed E-state index contributed by atoms with van der Waals surface area (Å²) in [6.07, 6.45) is 1.69. The molecule has 2 heterocycles. The fourth-order valence-electron chi connectivity index (χ4n) is 4.03. The van der Waals surface area contributed by atoms with Crippen LogP contribution >= 0.6 is 0 Å². The van der Waals surface area contributed by atoms with Crippen molar-refractivity contribution in [2.24, 2.45) is 17.4 Å². The van der Waals surface area contributed by atoms with Gasteiger partial charge in [-0.25, -0.2) is 4.79 Å². The third-order valence-electron chi connectivity index (χ3n) is 5.63. The number of carbonyl (C=O) groups excluding carboxylic acids is 4. The number of carbonyl (C=O) groups is 5. The lowest BCUT2D eigenvalue weighted by Crippen LogP contribution is -2.58. The minimum absolute atomic E-state index is 0.294. The third-order valence-corrected chi connectivity index (χ3v) is 5.63. The van der Waals surface area contributed by atoms with Gasteiger partial charge in [0.05, 0.1) is 12.5 Å². The molecule has 0 saturated carbocycles. The van der Waals surface area contributed by atoms with Gasteiger partial charge in [-0.05, 0) is 31.6 Å². The normalized spacial score (nSPS) is 23.3. The van der Waals surface area contributed by atoms with Crippen molar-refractivity contribution in [2.75, 3.05) is 13.1 Å². The zero-order chi connectivity index (χ0) is 22.6. The highest BCUT2D eigenvalue weighted by molar-refractivity contribution is 5.95. The van der Waals surface area contributed by atoms with Crippen LogP contribution in [0.3, 0.4) is 0 Å². The maximum atomic E-state index is 13.2. The Hall–Kier alpha value is -2.69.